The topological polar surface area (TPSA) is 59.2 Å². The van der Waals surface area contributed by atoms with E-state index in [9.17, 15) is 13.9 Å². The molecule has 3 aromatic rings. The van der Waals surface area contributed by atoms with Crippen LogP contribution in [0.2, 0.25) is 0 Å². The minimum atomic E-state index is -0.793. The van der Waals surface area contributed by atoms with E-state index < -0.39 is 11.6 Å². The van der Waals surface area contributed by atoms with E-state index in [4.69, 9.17) is 4.52 Å². The number of aromatic nitrogens is 2. The van der Waals surface area contributed by atoms with Crippen LogP contribution in [0.15, 0.2) is 34.9 Å². The molecule has 2 aromatic carbocycles. The maximum atomic E-state index is 14.1. The molecule has 6 heteroatoms. The van der Waals surface area contributed by atoms with Crippen molar-refractivity contribution in [3.63, 3.8) is 0 Å². The number of phenols is 1. The van der Waals surface area contributed by atoms with Crippen molar-refractivity contribution in [1.29, 1.82) is 0 Å². The third-order valence-corrected chi connectivity index (χ3v) is 4.63. The van der Waals surface area contributed by atoms with E-state index in [2.05, 4.69) is 30.9 Å². The van der Waals surface area contributed by atoms with Gasteiger partial charge in [0.1, 0.15) is 22.9 Å². The van der Waals surface area contributed by atoms with Gasteiger partial charge in [-0.05, 0) is 34.6 Å². The first-order valence-electron chi connectivity index (χ1n) is 9.06. The van der Waals surface area contributed by atoms with Gasteiger partial charge in [-0.15, -0.1) is 0 Å². The highest BCUT2D eigenvalue weighted by atomic mass is 19.1. The molecule has 0 saturated heterocycles. The first-order chi connectivity index (χ1) is 12.9. The Hall–Kier alpha value is -2.76. The maximum absolute atomic E-state index is 14.1. The Morgan fingerprint density at radius 1 is 0.929 bits per heavy atom. The highest BCUT2D eigenvalue weighted by molar-refractivity contribution is 5.70. The van der Waals surface area contributed by atoms with Gasteiger partial charge in [-0.3, -0.25) is 0 Å². The van der Waals surface area contributed by atoms with Crippen LogP contribution in [0, 0.1) is 11.6 Å². The largest absolute Gasteiger partial charge is 0.507 e. The van der Waals surface area contributed by atoms with Gasteiger partial charge in [0, 0.05) is 5.56 Å². The van der Waals surface area contributed by atoms with Crippen molar-refractivity contribution in [1.82, 2.24) is 10.1 Å². The summed E-state index contributed by atoms with van der Waals surface area (Å²) in [5, 5.41) is 14.8. The van der Waals surface area contributed by atoms with Crippen molar-refractivity contribution < 1.29 is 18.4 Å². The molecule has 0 saturated carbocycles. The average molecular weight is 386 g/mol. The van der Waals surface area contributed by atoms with E-state index in [-0.39, 0.29) is 33.9 Å². The summed E-state index contributed by atoms with van der Waals surface area (Å²) in [4.78, 5) is 4.16. The number of benzene rings is 2. The van der Waals surface area contributed by atoms with Gasteiger partial charge < -0.3 is 9.63 Å². The molecule has 4 nitrogen and oxygen atoms in total. The normalized spacial score (nSPS) is 12.4. The summed E-state index contributed by atoms with van der Waals surface area (Å²) in [6.45, 7) is 12.2. The number of phenolic OH excluding ortho intramolecular Hbond substituents is 1. The molecule has 28 heavy (non-hydrogen) atoms. The quantitative estimate of drug-likeness (QED) is 0.588. The second kappa shape index (κ2) is 6.69. The fraction of sp³-hybridized carbons (Fsp3) is 0.364. The van der Waals surface area contributed by atoms with Gasteiger partial charge in [-0.1, -0.05) is 58.8 Å². The average Bonchev–Trinajstić information content (AvgIpc) is 3.02. The van der Waals surface area contributed by atoms with Gasteiger partial charge in [0.05, 0.1) is 5.56 Å². The molecule has 1 N–H and O–H groups in total. The number of hydrogen-bond donors (Lipinski definition) is 1. The predicted molar refractivity (Wildman–Crippen MR) is 104 cm³/mol. The highest BCUT2D eigenvalue weighted by Gasteiger charge is 2.27. The fourth-order valence-electron chi connectivity index (χ4n) is 2.95. The lowest BCUT2D eigenvalue weighted by atomic mass is 9.79. The van der Waals surface area contributed by atoms with Crippen LogP contribution in [0.3, 0.4) is 0 Å². The Labute approximate surface area is 163 Å². The Kier molecular flexibility index (Phi) is 4.77. The maximum Gasteiger partial charge on any atom is 0.264 e. The molecular formula is C22H24F2N2O2. The lowest BCUT2D eigenvalue weighted by Gasteiger charge is -2.27. The molecule has 0 fully saturated rings. The predicted octanol–water partition coefficient (Wildman–Crippen LogP) is 5.98. The van der Waals surface area contributed by atoms with Gasteiger partial charge in [0.2, 0.25) is 5.82 Å². The van der Waals surface area contributed by atoms with Crippen LogP contribution >= 0.6 is 0 Å². The second-order valence-electron chi connectivity index (χ2n) is 8.94. The third-order valence-electron chi connectivity index (χ3n) is 4.63. The van der Waals surface area contributed by atoms with E-state index in [0.29, 0.717) is 5.56 Å². The van der Waals surface area contributed by atoms with Crippen LogP contribution in [0.5, 0.6) is 5.75 Å². The lowest BCUT2D eigenvalue weighted by Crippen LogP contribution is -2.17. The number of rotatable bonds is 2. The standard InChI is InChI=1S/C22H24F2N2O2/c1-21(2,3)12-10-13(18(27)14(11-12)22(4,5)6)19-25-20(28-26-19)17-15(23)8-7-9-16(17)24/h7-11,27H,1-6H3. The summed E-state index contributed by atoms with van der Waals surface area (Å²) >= 11 is 0. The highest BCUT2D eigenvalue weighted by Crippen LogP contribution is 2.41. The number of halogens is 2. The van der Waals surface area contributed by atoms with Crippen molar-refractivity contribution in [3.8, 4) is 28.6 Å². The molecule has 3 rings (SSSR count). The third kappa shape index (κ3) is 3.63. The number of nitrogens with zero attached hydrogens (tertiary/aromatic N) is 2. The number of aromatic hydroxyl groups is 1. The van der Waals surface area contributed by atoms with E-state index in [1.165, 1.54) is 6.07 Å². The lowest BCUT2D eigenvalue weighted by molar-refractivity contribution is 0.423. The van der Waals surface area contributed by atoms with E-state index in [0.717, 1.165) is 23.3 Å². The van der Waals surface area contributed by atoms with Crippen LogP contribution in [0.25, 0.3) is 22.8 Å². The summed E-state index contributed by atoms with van der Waals surface area (Å²) in [6, 6.07) is 7.27. The van der Waals surface area contributed by atoms with E-state index >= 15 is 0 Å². The van der Waals surface area contributed by atoms with Crippen LogP contribution in [0.4, 0.5) is 8.78 Å². The molecule has 0 atom stereocenters. The van der Waals surface area contributed by atoms with Crippen LogP contribution < -0.4 is 0 Å². The molecule has 0 aliphatic carbocycles. The van der Waals surface area contributed by atoms with Crippen molar-refractivity contribution in [2.75, 3.05) is 0 Å². The molecule has 0 radical (unpaired) electrons. The van der Waals surface area contributed by atoms with Crippen LogP contribution in [-0.2, 0) is 10.8 Å². The zero-order valence-electron chi connectivity index (χ0n) is 16.9. The van der Waals surface area contributed by atoms with Crippen molar-refractivity contribution in [3.05, 3.63) is 53.1 Å². The summed E-state index contributed by atoms with van der Waals surface area (Å²) in [7, 11) is 0. The monoisotopic (exact) mass is 386 g/mol. The molecule has 0 unspecified atom stereocenters. The van der Waals surface area contributed by atoms with Crippen molar-refractivity contribution >= 4 is 0 Å². The molecule has 0 bridgehead atoms. The molecular weight excluding hydrogens is 362 g/mol. The fourth-order valence-corrected chi connectivity index (χ4v) is 2.95. The Balaban J connectivity index is 2.21. The van der Waals surface area contributed by atoms with Gasteiger partial charge in [0.15, 0.2) is 0 Å². The van der Waals surface area contributed by atoms with Gasteiger partial charge >= 0.3 is 0 Å². The summed E-state index contributed by atoms with van der Waals surface area (Å²) in [5.41, 5.74) is 1.18. The SMILES string of the molecule is CC(C)(C)c1cc(-c2noc(-c3c(F)cccc3F)n2)c(O)c(C(C)(C)C)c1. The Morgan fingerprint density at radius 3 is 2.07 bits per heavy atom. The van der Waals surface area contributed by atoms with E-state index in [1.807, 2.05) is 26.8 Å². The first kappa shape index (κ1) is 20.0. The van der Waals surface area contributed by atoms with Gasteiger partial charge in [-0.2, -0.15) is 4.98 Å². The van der Waals surface area contributed by atoms with Gasteiger partial charge in [-0.25, -0.2) is 8.78 Å². The molecule has 0 aliphatic heterocycles. The Morgan fingerprint density at radius 2 is 1.54 bits per heavy atom. The smallest absolute Gasteiger partial charge is 0.264 e. The summed E-state index contributed by atoms with van der Waals surface area (Å²) in [5.74, 6) is -1.76. The minimum absolute atomic E-state index is 0.0295. The molecule has 1 aromatic heterocycles. The zero-order valence-corrected chi connectivity index (χ0v) is 16.9. The zero-order chi connectivity index (χ0) is 20.9. The van der Waals surface area contributed by atoms with Crippen LogP contribution in [-0.4, -0.2) is 15.2 Å². The second-order valence-corrected chi connectivity index (χ2v) is 8.94. The Bertz CT molecular complexity index is 1010. The number of hydrogen-bond acceptors (Lipinski definition) is 4. The molecule has 0 aliphatic rings. The molecule has 0 spiro atoms. The minimum Gasteiger partial charge on any atom is -0.507 e. The van der Waals surface area contributed by atoms with E-state index in [1.54, 1.807) is 6.07 Å². The molecule has 0 amide bonds. The summed E-state index contributed by atoms with van der Waals surface area (Å²) < 4.78 is 33.2. The van der Waals surface area contributed by atoms with Crippen molar-refractivity contribution in [2.45, 2.75) is 52.4 Å². The molecule has 148 valence electrons. The van der Waals surface area contributed by atoms with Crippen molar-refractivity contribution in [2.24, 2.45) is 0 Å². The first-order valence-corrected chi connectivity index (χ1v) is 9.06. The van der Waals surface area contributed by atoms with Gasteiger partial charge in [0.25, 0.3) is 5.89 Å². The van der Waals surface area contributed by atoms with Crippen LogP contribution in [0.1, 0.15) is 52.7 Å². The summed E-state index contributed by atoms with van der Waals surface area (Å²) in [6.07, 6.45) is 0. The molecule has 1 heterocycles.